The number of halogens is 4. The Kier molecular flexibility index (Phi) is 3.81. The van der Waals surface area contributed by atoms with Crippen molar-refractivity contribution in [3.8, 4) is 0 Å². The van der Waals surface area contributed by atoms with Gasteiger partial charge in [-0.25, -0.2) is 9.37 Å². The molecule has 0 radical (unpaired) electrons. The van der Waals surface area contributed by atoms with Crippen LogP contribution in [0.3, 0.4) is 0 Å². The Labute approximate surface area is 115 Å². The molecule has 0 saturated heterocycles. The molecule has 1 heterocycles. The second-order valence-corrected chi connectivity index (χ2v) is 4.69. The standard InChI is InChI=1S/C10H5BrCl2FN3/c11-6-3-5(1-2-7(6)12)16-9-8(14)4-15-10(13)17-9/h1-4H,(H,15,16,17). The largest absolute Gasteiger partial charge is 0.338 e. The van der Waals surface area contributed by atoms with E-state index >= 15 is 0 Å². The van der Waals surface area contributed by atoms with E-state index in [9.17, 15) is 4.39 Å². The van der Waals surface area contributed by atoms with E-state index in [1.54, 1.807) is 18.2 Å². The smallest absolute Gasteiger partial charge is 0.224 e. The van der Waals surface area contributed by atoms with Gasteiger partial charge in [-0.15, -0.1) is 0 Å². The van der Waals surface area contributed by atoms with E-state index in [-0.39, 0.29) is 11.1 Å². The van der Waals surface area contributed by atoms with Crippen LogP contribution >= 0.6 is 39.1 Å². The molecule has 0 saturated carbocycles. The van der Waals surface area contributed by atoms with Gasteiger partial charge >= 0.3 is 0 Å². The van der Waals surface area contributed by atoms with Crippen molar-refractivity contribution < 1.29 is 4.39 Å². The van der Waals surface area contributed by atoms with Crippen molar-refractivity contribution in [2.75, 3.05) is 5.32 Å². The van der Waals surface area contributed by atoms with E-state index < -0.39 is 5.82 Å². The maximum atomic E-state index is 13.4. The zero-order chi connectivity index (χ0) is 12.4. The van der Waals surface area contributed by atoms with Crippen molar-refractivity contribution in [2.45, 2.75) is 0 Å². The van der Waals surface area contributed by atoms with Crippen LogP contribution in [-0.2, 0) is 0 Å². The van der Waals surface area contributed by atoms with E-state index in [0.717, 1.165) is 6.20 Å². The van der Waals surface area contributed by atoms with Gasteiger partial charge in [-0.1, -0.05) is 11.6 Å². The Morgan fingerprint density at radius 1 is 1.29 bits per heavy atom. The van der Waals surface area contributed by atoms with E-state index in [2.05, 4.69) is 31.2 Å². The van der Waals surface area contributed by atoms with Crippen LogP contribution in [-0.4, -0.2) is 9.97 Å². The van der Waals surface area contributed by atoms with Gasteiger partial charge in [0.15, 0.2) is 11.6 Å². The third-order valence-corrected chi connectivity index (χ3v) is 3.29. The zero-order valence-corrected chi connectivity index (χ0v) is 11.3. The first kappa shape index (κ1) is 12.5. The predicted molar refractivity (Wildman–Crippen MR) is 69.4 cm³/mol. The molecule has 3 nitrogen and oxygen atoms in total. The summed E-state index contributed by atoms with van der Waals surface area (Å²) < 4.78 is 14.1. The van der Waals surface area contributed by atoms with E-state index in [0.29, 0.717) is 15.2 Å². The molecular weight excluding hydrogens is 332 g/mol. The quantitative estimate of drug-likeness (QED) is 0.824. The summed E-state index contributed by atoms with van der Waals surface area (Å²) in [5.74, 6) is -0.570. The fourth-order valence-corrected chi connectivity index (χ4v) is 1.77. The van der Waals surface area contributed by atoms with Crippen molar-refractivity contribution >= 4 is 50.6 Å². The Morgan fingerprint density at radius 2 is 2.06 bits per heavy atom. The number of nitrogens with zero attached hydrogens (tertiary/aromatic N) is 2. The fraction of sp³-hybridized carbons (Fsp3) is 0. The van der Waals surface area contributed by atoms with Crippen molar-refractivity contribution in [1.29, 1.82) is 0 Å². The van der Waals surface area contributed by atoms with Crippen LogP contribution in [0.1, 0.15) is 0 Å². The molecule has 1 aromatic carbocycles. The van der Waals surface area contributed by atoms with E-state index in [1.807, 2.05) is 0 Å². The number of hydrogen-bond donors (Lipinski definition) is 1. The monoisotopic (exact) mass is 335 g/mol. The molecule has 0 aliphatic rings. The average Bonchev–Trinajstić information content (AvgIpc) is 2.29. The van der Waals surface area contributed by atoms with Gasteiger partial charge in [0, 0.05) is 10.2 Å². The molecule has 0 bridgehead atoms. The fourth-order valence-electron chi connectivity index (χ4n) is 1.14. The van der Waals surface area contributed by atoms with E-state index in [1.165, 1.54) is 0 Å². The van der Waals surface area contributed by atoms with Crippen molar-refractivity contribution in [2.24, 2.45) is 0 Å². The average molecular weight is 337 g/mol. The van der Waals surface area contributed by atoms with Gasteiger partial charge in [-0.3, -0.25) is 0 Å². The topological polar surface area (TPSA) is 37.8 Å². The second-order valence-electron chi connectivity index (χ2n) is 3.09. The first-order valence-corrected chi connectivity index (χ1v) is 6.01. The van der Waals surface area contributed by atoms with Crippen LogP contribution in [0.2, 0.25) is 10.3 Å². The summed E-state index contributed by atoms with van der Waals surface area (Å²) in [6.45, 7) is 0. The molecule has 7 heteroatoms. The molecule has 88 valence electrons. The number of nitrogens with one attached hydrogen (secondary N) is 1. The number of anilines is 2. The molecule has 1 aromatic heterocycles. The first-order chi connectivity index (χ1) is 8.06. The molecule has 0 unspecified atom stereocenters. The van der Waals surface area contributed by atoms with Crippen molar-refractivity contribution in [1.82, 2.24) is 9.97 Å². The number of rotatable bonds is 2. The van der Waals surface area contributed by atoms with Crippen LogP contribution in [0, 0.1) is 5.82 Å². The molecule has 1 N–H and O–H groups in total. The highest BCUT2D eigenvalue weighted by molar-refractivity contribution is 9.10. The van der Waals surface area contributed by atoms with Crippen LogP contribution < -0.4 is 5.32 Å². The van der Waals surface area contributed by atoms with Gasteiger partial charge in [0.25, 0.3) is 0 Å². The molecule has 0 amide bonds. The van der Waals surface area contributed by atoms with Crippen molar-refractivity contribution in [3.05, 3.63) is 45.0 Å². The second kappa shape index (κ2) is 5.16. The number of hydrogen-bond acceptors (Lipinski definition) is 3. The minimum atomic E-state index is -0.583. The Hall–Kier alpha value is -0.910. The lowest BCUT2D eigenvalue weighted by Crippen LogP contribution is -1.98. The van der Waals surface area contributed by atoms with Gasteiger partial charge in [0.05, 0.1) is 11.2 Å². The molecule has 0 spiro atoms. The lowest BCUT2D eigenvalue weighted by Gasteiger charge is -2.07. The molecule has 0 aliphatic heterocycles. The zero-order valence-electron chi connectivity index (χ0n) is 8.22. The Bertz CT molecular complexity index is 565. The molecule has 0 atom stereocenters. The Morgan fingerprint density at radius 3 is 2.76 bits per heavy atom. The molecule has 0 aliphatic carbocycles. The third-order valence-electron chi connectivity index (χ3n) is 1.90. The third kappa shape index (κ3) is 3.06. The normalized spacial score (nSPS) is 10.4. The first-order valence-electron chi connectivity index (χ1n) is 4.46. The van der Waals surface area contributed by atoms with Gasteiger partial charge < -0.3 is 5.32 Å². The SMILES string of the molecule is Fc1cnc(Cl)nc1Nc1ccc(Cl)c(Br)c1. The minimum absolute atomic E-state index is 0.0132. The van der Waals surface area contributed by atoms with Crippen molar-refractivity contribution in [3.63, 3.8) is 0 Å². The highest BCUT2D eigenvalue weighted by Crippen LogP contribution is 2.27. The maximum absolute atomic E-state index is 13.4. The molecular formula is C10H5BrCl2FN3. The van der Waals surface area contributed by atoms with Crippen LogP contribution in [0.25, 0.3) is 0 Å². The van der Waals surface area contributed by atoms with Gasteiger partial charge in [0.2, 0.25) is 5.28 Å². The number of benzene rings is 1. The highest BCUT2D eigenvalue weighted by Gasteiger charge is 2.07. The minimum Gasteiger partial charge on any atom is -0.338 e. The highest BCUT2D eigenvalue weighted by atomic mass is 79.9. The summed E-state index contributed by atoms with van der Waals surface area (Å²) in [7, 11) is 0. The van der Waals surface area contributed by atoms with Gasteiger partial charge in [-0.2, -0.15) is 4.98 Å². The molecule has 0 fully saturated rings. The molecule has 17 heavy (non-hydrogen) atoms. The maximum Gasteiger partial charge on any atom is 0.224 e. The summed E-state index contributed by atoms with van der Waals surface area (Å²) in [5.41, 5.74) is 0.634. The summed E-state index contributed by atoms with van der Waals surface area (Å²) in [5, 5.41) is 3.32. The molecule has 2 aromatic rings. The summed E-state index contributed by atoms with van der Waals surface area (Å²) in [6.07, 6.45) is 1.00. The summed E-state index contributed by atoms with van der Waals surface area (Å²) in [4.78, 5) is 7.26. The van der Waals surface area contributed by atoms with E-state index in [4.69, 9.17) is 23.2 Å². The van der Waals surface area contributed by atoms with Crippen LogP contribution in [0.5, 0.6) is 0 Å². The summed E-state index contributed by atoms with van der Waals surface area (Å²) >= 11 is 14.7. The lowest BCUT2D eigenvalue weighted by molar-refractivity contribution is 0.619. The summed E-state index contributed by atoms with van der Waals surface area (Å²) in [6, 6.07) is 5.08. The predicted octanol–water partition coefficient (Wildman–Crippen LogP) is 4.43. The lowest BCUT2D eigenvalue weighted by atomic mass is 10.3. The number of aromatic nitrogens is 2. The molecule has 2 rings (SSSR count). The van der Waals surface area contributed by atoms with Gasteiger partial charge in [-0.05, 0) is 45.7 Å². The van der Waals surface area contributed by atoms with Gasteiger partial charge in [0.1, 0.15) is 0 Å². The van der Waals surface area contributed by atoms with Crippen LogP contribution in [0.4, 0.5) is 15.9 Å². The Balaban J connectivity index is 2.31. The van der Waals surface area contributed by atoms with Crippen LogP contribution in [0.15, 0.2) is 28.9 Å².